The molecular formula is C14H20N2O4. The standard InChI is InChI=1S/C14H20N2O4/c1-3-16-8-4-5-10(16)9-15(2)13(17)11-6-7-12(20-11)14(18)19/h6-7,10H,3-5,8-9H2,1-2H3,(H,18,19). The second kappa shape index (κ2) is 6.09. The first-order chi connectivity index (χ1) is 9.52. The molecule has 6 heteroatoms. The number of nitrogens with zero attached hydrogens (tertiary/aromatic N) is 2. The van der Waals surface area contributed by atoms with Crippen LogP contribution in [0.25, 0.3) is 0 Å². The minimum atomic E-state index is -1.17. The largest absolute Gasteiger partial charge is 0.475 e. The molecule has 1 aromatic rings. The van der Waals surface area contributed by atoms with Gasteiger partial charge in [0.2, 0.25) is 5.76 Å². The van der Waals surface area contributed by atoms with E-state index >= 15 is 0 Å². The highest BCUT2D eigenvalue weighted by atomic mass is 16.4. The number of furan rings is 1. The maximum atomic E-state index is 12.2. The van der Waals surface area contributed by atoms with Gasteiger partial charge in [0.15, 0.2) is 5.76 Å². The maximum Gasteiger partial charge on any atom is 0.371 e. The molecule has 0 aromatic carbocycles. The summed E-state index contributed by atoms with van der Waals surface area (Å²) in [5.74, 6) is -1.58. The van der Waals surface area contributed by atoms with Crippen molar-refractivity contribution in [3.8, 4) is 0 Å². The average Bonchev–Trinajstić information content (AvgIpc) is 3.06. The second-order valence-corrected chi connectivity index (χ2v) is 5.08. The zero-order valence-corrected chi connectivity index (χ0v) is 11.8. The third kappa shape index (κ3) is 3.01. The lowest BCUT2D eigenvalue weighted by atomic mass is 10.2. The lowest BCUT2D eigenvalue weighted by molar-refractivity contribution is 0.0649. The van der Waals surface area contributed by atoms with E-state index in [1.54, 1.807) is 11.9 Å². The van der Waals surface area contributed by atoms with Gasteiger partial charge in [0.1, 0.15) is 0 Å². The van der Waals surface area contributed by atoms with E-state index in [-0.39, 0.29) is 17.4 Å². The minimum Gasteiger partial charge on any atom is -0.475 e. The number of likely N-dealkylation sites (tertiary alicyclic amines) is 1. The first kappa shape index (κ1) is 14.6. The van der Waals surface area contributed by atoms with Gasteiger partial charge in [-0.25, -0.2) is 4.79 Å². The van der Waals surface area contributed by atoms with Crippen molar-refractivity contribution in [2.24, 2.45) is 0 Å². The number of aromatic carboxylic acids is 1. The fourth-order valence-corrected chi connectivity index (χ4v) is 2.67. The van der Waals surface area contributed by atoms with Gasteiger partial charge >= 0.3 is 5.97 Å². The quantitative estimate of drug-likeness (QED) is 0.885. The molecule has 1 unspecified atom stereocenters. The van der Waals surface area contributed by atoms with Crippen molar-refractivity contribution < 1.29 is 19.1 Å². The SMILES string of the molecule is CCN1CCCC1CN(C)C(=O)c1ccc(C(=O)O)o1. The van der Waals surface area contributed by atoms with E-state index in [1.165, 1.54) is 12.1 Å². The van der Waals surface area contributed by atoms with Crippen molar-refractivity contribution in [2.75, 3.05) is 26.7 Å². The predicted octanol–water partition coefficient (Wildman–Crippen LogP) is 1.53. The number of hydrogen-bond acceptors (Lipinski definition) is 4. The van der Waals surface area contributed by atoms with Gasteiger partial charge in [-0.3, -0.25) is 9.69 Å². The van der Waals surface area contributed by atoms with Gasteiger partial charge in [-0.05, 0) is 38.1 Å². The van der Waals surface area contributed by atoms with Crippen LogP contribution in [0.15, 0.2) is 16.5 Å². The molecule has 2 heterocycles. The summed E-state index contributed by atoms with van der Waals surface area (Å²) >= 11 is 0. The van der Waals surface area contributed by atoms with Gasteiger partial charge in [0, 0.05) is 19.6 Å². The van der Waals surface area contributed by atoms with Crippen molar-refractivity contribution in [3.05, 3.63) is 23.7 Å². The minimum absolute atomic E-state index is 0.0749. The molecule has 1 saturated heterocycles. The highest BCUT2D eigenvalue weighted by molar-refractivity contribution is 5.93. The fraction of sp³-hybridized carbons (Fsp3) is 0.571. The molecular weight excluding hydrogens is 260 g/mol. The van der Waals surface area contributed by atoms with Crippen LogP contribution in [-0.2, 0) is 0 Å². The Balaban J connectivity index is 1.99. The Morgan fingerprint density at radius 2 is 2.15 bits per heavy atom. The van der Waals surface area contributed by atoms with Gasteiger partial charge in [-0.2, -0.15) is 0 Å². The first-order valence-electron chi connectivity index (χ1n) is 6.85. The summed E-state index contributed by atoms with van der Waals surface area (Å²) in [7, 11) is 1.72. The number of carboxylic acid groups (broad SMARTS) is 1. The molecule has 0 spiro atoms. The zero-order chi connectivity index (χ0) is 14.7. The van der Waals surface area contributed by atoms with Crippen LogP contribution in [-0.4, -0.2) is 59.5 Å². The van der Waals surface area contributed by atoms with E-state index in [1.807, 2.05) is 0 Å². The third-order valence-corrected chi connectivity index (χ3v) is 3.76. The van der Waals surface area contributed by atoms with Crippen LogP contribution in [0.5, 0.6) is 0 Å². The summed E-state index contributed by atoms with van der Waals surface area (Å²) in [5.41, 5.74) is 0. The molecule has 0 bridgehead atoms. The Kier molecular flexibility index (Phi) is 4.44. The zero-order valence-electron chi connectivity index (χ0n) is 11.8. The van der Waals surface area contributed by atoms with E-state index in [0.29, 0.717) is 12.6 Å². The maximum absolute atomic E-state index is 12.2. The molecule has 1 aromatic heterocycles. The first-order valence-corrected chi connectivity index (χ1v) is 6.85. The summed E-state index contributed by atoms with van der Waals surface area (Å²) in [6, 6.07) is 3.09. The van der Waals surface area contributed by atoms with Crippen molar-refractivity contribution in [1.29, 1.82) is 0 Å². The molecule has 1 aliphatic rings. The van der Waals surface area contributed by atoms with Crippen molar-refractivity contribution in [2.45, 2.75) is 25.8 Å². The Hall–Kier alpha value is -1.82. The second-order valence-electron chi connectivity index (χ2n) is 5.08. The van der Waals surface area contributed by atoms with E-state index in [2.05, 4.69) is 11.8 Å². The topological polar surface area (TPSA) is 74.0 Å². The number of carbonyl (C=O) groups excluding carboxylic acids is 1. The van der Waals surface area contributed by atoms with Crippen LogP contribution in [0, 0.1) is 0 Å². The number of carbonyl (C=O) groups is 2. The van der Waals surface area contributed by atoms with Gasteiger partial charge in [-0.1, -0.05) is 6.92 Å². The fourth-order valence-electron chi connectivity index (χ4n) is 2.67. The number of carboxylic acids is 1. The van der Waals surface area contributed by atoms with Crippen LogP contribution in [0.4, 0.5) is 0 Å². The lowest BCUT2D eigenvalue weighted by Gasteiger charge is -2.27. The third-order valence-electron chi connectivity index (χ3n) is 3.76. The average molecular weight is 280 g/mol. The molecule has 0 aliphatic carbocycles. The van der Waals surface area contributed by atoms with Gasteiger partial charge in [0.25, 0.3) is 5.91 Å². The molecule has 110 valence electrons. The van der Waals surface area contributed by atoms with E-state index in [9.17, 15) is 9.59 Å². The number of hydrogen-bond donors (Lipinski definition) is 1. The van der Waals surface area contributed by atoms with Crippen LogP contribution in [0.2, 0.25) is 0 Å². The van der Waals surface area contributed by atoms with Crippen LogP contribution < -0.4 is 0 Å². The smallest absolute Gasteiger partial charge is 0.371 e. The van der Waals surface area contributed by atoms with E-state index < -0.39 is 5.97 Å². The van der Waals surface area contributed by atoms with Gasteiger partial charge in [-0.15, -0.1) is 0 Å². The van der Waals surface area contributed by atoms with E-state index in [4.69, 9.17) is 9.52 Å². The molecule has 1 N–H and O–H groups in total. The highest BCUT2D eigenvalue weighted by Gasteiger charge is 2.27. The molecule has 2 rings (SSSR count). The van der Waals surface area contributed by atoms with Crippen LogP contribution >= 0.6 is 0 Å². The summed E-state index contributed by atoms with van der Waals surface area (Å²) in [6.45, 7) is 4.81. The molecule has 1 amide bonds. The Bertz CT molecular complexity index is 497. The van der Waals surface area contributed by atoms with Gasteiger partial charge in [0.05, 0.1) is 0 Å². The summed E-state index contributed by atoms with van der Waals surface area (Å²) in [5, 5.41) is 8.79. The van der Waals surface area contributed by atoms with Crippen LogP contribution in [0.3, 0.4) is 0 Å². The Morgan fingerprint density at radius 3 is 2.75 bits per heavy atom. The molecule has 6 nitrogen and oxygen atoms in total. The molecule has 20 heavy (non-hydrogen) atoms. The van der Waals surface area contributed by atoms with Crippen LogP contribution in [0.1, 0.15) is 40.9 Å². The molecule has 0 saturated carbocycles. The normalized spacial score (nSPS) is 19.2. The number of amides is 1. The van der Waals surface area contributed by atoms with Crippen molar-refractivity contribution in [1.82, 2.24) is 9.80 Å². The summed E-state index contributed by atoms with van der Waals surface area (Å²) < 4.78 is 5.04. The van der Waals surface area contributed by atoms with E-state index in [0.717, 1.165) is 25.9 Å². The monoisotopic (exact) mass is 280 g/mol. The molecule has 1 aliphatic heterocycles. The Labute approximate surface area is 118 Å². The molecule has 1 fully saturated rings. The predicted molar refractivity (Wildman–Crippen MR) is 72.9 cm³/mol. The Morgan fingerprint density at radius 1 is 1.45 bits per heavy atom. The van der Waals surface area contributed by atoms with Crippen molar-refractivity contribution >= 4 is 11.9 Å². The summed E-state index contributed by atoms with van der Waals surface area (Å²) in [4.78, 5) is 26.9. The number of likely N-dealkylation sites (N-methyl/N-ethyl adjacent to an activating group) is 2. The molecule has 1 atom stereocenters. The highest BCUT2D eigenvalue weighted by Crippen LogP contribution is 2.18. The van der Waals surface area contributed by atoms with Gasteiger partial charge < -0.3 is 14.4 Å². The molecule has 0 radical (unpaired) electrons. The lowest BCUT2D eigenvalue weighted by Crippen LogP contribution is -2.41. The van der Waals surface area contributed by atoms with Crippen molar-refractivity contribution in [3.63, 3.8) is 0 Å². The number of rotatable bonds is 5. The summed E-state index contributed by atoms with van der Waals surface area (Å²) in [6.07, 6.45) is 2.24.